The van der Waals surface area contributed by atoms with Gasteiger partial charge in [0.1, 0.15) is 17.0 Å². The van der Waals surface area contributed by atoms with Gasteiger partial charge in [-0.15, -0.1) is 0 Å². The SMILES string of the molecule is CCOC(=O)c1c(C)nn(C)c1NC(=O)CCNC(=O)OC(C)(C)C. The second-order valence-corrected chi connectivity index (χ2v) is 6.38. The summed E-state index contributed by atoms with van der Waals surface area (Å²) >= 11 is 0. The van der Waals surface area contributed by atoms with E-state index in [-0.39, 0.29) is 36.9 Å². The Morgan fingerprint density at radius 2 is 1.88 bits per heavy atom. The number of esters is 1. The molecule has 0 saturated carbocycles. The van der Waals surface area contributed by atoms with Gasteiger partial charge in [-0.05, 0) is 34.6 Å². The van der Waals surface area contributed by atoms with E-state index < -0.39 is 17.7 Å². The Hall–Kier alpha value is -2.58. The van der Waals surface area contributed by atoms with E-state index in [1.807, 2.05) is 0 Å². The molecule has 140 valence electrons. The molecule has 9 heteroatoms. The summed E-state index contributed by atoms with van der Waals surface area (Å²) < 4.78 is 11.5. The predicted octanol–water partition coefficient (Wildman–Crippen LogP) is 1.76. The summed E-state index contributed by atoms with van der Waals surface area (Å²) in [4.78, 5) is 35.6. The van der Waals surface area contributed by atoms with Crippen molar-refractivity contribution in [2.45, 2.75) is 46.6 Å². The first-order valence-corrected chi connectivity index (χ1v) is 8.02. The molecule has 25 heavy (non-hydrogen) atoms. The minimum absolute atomic E-state index is 0.0196. The number of carbonyl (C=O) groups excluding carboxylic acids is 3. The lowest BCUT2D eigenvalue weighted by Crippen LogP contribution is -2.34. The van der Waals surface area contributed by atoms with Crippen LogP contribution >= 0.6 is 0 Å². The first kappa shape index (κ1) is 20.5. The Bertz CT molecular complexity index is 646. The number of alkyl carbamates (subject to hydrolysis) is 1. The molecule has 1 rings (SSSR count). The Balaban J connectivity index is 2.63. The molecule has 2 amide bonds. The van der Waals surface area contributed by atoms with Crippen molar-refractivity contribution < 1.29 is 23.9 Å². The lowest BCUT2D eigenvalue weighted by Gasteiger charge is -2.19. The fourth-order valence-electron chi connectivity index (χ4n) is 2.04. The van der Waals surface area contributed by atoms with E-state index in [9.17, 15) is 14.4 Å². The number of carbonyl (C=O) groups is 3. The number of nitrogens with one attached hydrogen (secondary N) is 2. The Morgan fingerprint density at radius 1 is 1.24 bits per heavy atom. The van der Waals surface area contributed by atoms with Crippen LogP contribution in [-0.4, -0.2) is 46.5 Å². The van der Waals surface area contributed by atoms with Crippen LogP contribution in [0.1, 0.15) is 50.2 Å². The molecule has 1 aromatic heterocycles. The van der Waals surface area contributed by atoms with Crippen molar-refractivity contribution in [1.82, 2.24) is 15.1 Å². The number of anilines is 1. The molecule has 1 aromatic rings. The fraction of sp³-hybridized carbons (Fsp3) is 0.625. The lowest BCUT2D eigenvalue weighted by molar-refractivity contribution is -0.116. The molecule has 0 unspecified atom stereocenters. The summed E-state index contributed by atoms with van der Waals surface area (Å²) in [6, 6.07) is 0. The van der Waals surface area contributed by atoms with Crippen LogP contribution in [0.3, 0.4) is 0 Å². The highest BCUT2D eigenvalue weighted by molar-refractivity contribution is 6.01. The molecule has 0 saturated heterocycles. The number of hydrogen-bond acceptors (Lipinski definition) is 6. The van der Waals surface area contributed by atoms with Crippen molar-refractivity contribution in [2.75, 3.05) is 18.5 Å². The van der Waals surface area contributed by atoms with Gasteiger partial charge in [0.05, 0.1) is 12.3 Å². The summed E-state index contributed by atoms with van der Waals surface area (Å²) in [5, 5.41) is 9.25. The van der Waals surface area contributed by atoms with Gasteiger partial charge in [-0.3, -0.25) is 9.48 Å². The maximum atomic E-state index is 12.1. The number of hydrogen-bond donors (Lipinski definition) is 2. The summed E-state index contributed by atoms with van der Waals surface area (Å²) in [5.41, 5.74) is 0.0774. The quantitative estimate of drug-likeness (QED) is 0.753. The minimum atomic E-state index is -0.604. The van der Waals surface area contributed by atoms with E-state index in [0.29, 0.717) is 5.69 Å². The maximum Gasteiger partial charge on any atom is 0.407 e. The average Bonchev–Trinajstić information content (AvgIpc) is 2.71. The molecule has 0 aliphatic heterocycles. The van der Waals surface area contributed by atoms with Gasteiger partial charge in [0.25, 0.3) is 0 Å². The molecular formula is C16H26N4O5. The van der Waals surface area contributed by atoms with Gasteiger partial charge in [0, 0.05) is 20.0 Å². The second kappa shape index (κ2) is 8.50. The molecule has 0 aromatic carbocycles. The summed E-state index contributed by atoms with van der Waals surface area (Å²) in [5.74, 6) is -0.655. The van der Waals surface area contributed by atoms with Gasteiger partial charge >= 0.3 is 12.1 Å². The fourth-order valence-corrected chi connectivity index (χ4v) is 2.04. The van der Waals surface area contributed by atoms with Crippen LogP contribution in [0.4, 0.5) is 10.6 Å². The molecule has 0 aliphatic rings. The number of nitrogens with zero attached hydrogens (tertiary/aromatic N) is 2. The van der Waals surface area contributed by atoms with Gasteiger partial charge < -0.3 is 20.1 Å². The molecule has 0 radical (unpaired) electrons. The van der Waals surface area contributed by atoms with Crippen LogP contribution in [0.2, 0.25) is 0 Å². The van der Waals surface area contributed by atoms with Gasteiger partial charge in [0.2, 0.25) is 5.91 Å². The molecule has 0 bridgehead atoms. The minimum Gasteiger partial charge on any atom is -0.462 e. The Morgan fingerprint density at radius 3 is 2.44 bits per heavy atom. The summed E-state index contributed by atoms with van der Waals surface area (Å²) in [6.07, 6.45) is -0.574. The normalized spacial score (nSPS) is 11.0. The zero-order valence-corrected chi connectivity index (χ0v) is 15.6. The van der Waals surface area contributed by atoms with Crippen molar-refractivity contribution in [1.29, 1.82) is 0 Å². The highest BCUT2D eigenvalue weighted by Crippen LogP contribution is 2.20. The van der Waals surface area contributed by atoms with Crippen LogP contribution in [0.25, 0.3) is 0 Å². The maximum absolute atomic E-state index is 12.1. The third-order valence-electron chi connectivity index (χ3n) is 2.98. The zero-order valence-electron chi connectivity index (χ0n) is 15.6. The van der Waals surface area contributed by atoms with Crippen molar-refractivity contribution in [3.63, 3.8) is 0 Å². The zero-order chi connectivity index (χ0) is 19.2. The number of amides is 2. The molecule has 9 nitrogen and oxygen atoms in total. The van der Waals surface area contributed by atoms with Gasteiger partial charge in [-0.25, -0.2) is 9.59 Å². The van der Waals surface area contributed by atoms with E-state index in [2.05, 4.69) is 15.7 Å². The molecule has 1 heterocycles. The highest BCUT2D eigenvalue weighted by atomic mass is 16.6. The van der Waals surface area contributed by atoms with Crippen LogP contribution in [0.15, 0.2) is 0 Å². The van der Waals surface area contributed by atoms with Crippen molar-refractivity contribution in [2.24, 2.45) is 7.05 Å². The number of aromatic nitrogens is 2. The first-order valence-electron chi connectivity index (χ1n) is 8.02. The van der Waals surface area contributed by atoms with Crippen molar-refractivity contribution in [3.05, 3.63) is 11.3 Å². The van der Waals surface area contributed by atoms with Crippen molar-refractivity contribution >= 4 is 23.8 Å². The highest BCUT2D eigenvalue weighted by Gasteiger charge is 2.23. The van der Waals surface area contributed by atoms with Crippen LogP contribution in [0, 0.1) is 6.92 Å². The number of rotatable bonds is 6. The van der Waals surface area contributed by atoms with Gasteiger partial charge in [-0.2, -0.15) is 5.10 Å². The molecule has 2 N–H and O–H groups in total. The Kier molecular flexibility index (Phi) is 6.96. The molecule has 0 atom stereocenters. The molecule has 0 fully saturated rings. The number of ether oxygens (including phenoxy) is 2. The lowest BCUT2D eigenvalue weighted by atomic mass is 10.2. The molecule has 0 aliphatic carbocycles. The van der Waals surface area contributed by atoms with E-state index in [4.69, 9.17) is 9.47 Å². The van der Waals surface area contributed by atoms with Crippen molar-refractivity contribution in [3.8, 4) is 0 Å². The van der Waals surface area contributed by atoms with Gasteiger partial charge in [0.15, 0.2) is 0 Å². The first-order chi connectivity index (χ1) is 11.5. The third-order valence-corrected chi connectivity index (χ3v) is 2.98. The molecular weight excluding hydrogens is 328 g/mol. The van der Waals surface area contributed by atoms with E-state index >= 15 is 0 Å². The van der Waals surface area contributed by atoms with Gasteiger partial charge in [-0.1, -0.05) is 0 Å². The molecule has 0 spiro atoms. The van der Waals surface area contributed by atoms with Crippen LogP contribution in [-0.2, 0) is 21.3 Å². The number of aryl methyl sites for hydroxylation is 2. The smallest absolute Gasteiger partial charge is 0.407 e. The third kappa shape index (κ3) is 6.44. The predicted molar refractivity (Wildman–Crippen MR) is 91.4 cm³/mol. The average molecular weight is 354 g/mol. The Labute approximate surface area is 147 Å². The summed E-state index contributed by atoms with van der Waals surface area (Å²) in [7, 11) is 1.62. The summed E-state index contributed by atoms with van der Waals surface area (Å²) in [6.45, 7) is 8.94. The second-order valence-electron chi connectivity index (χ2n) is 6.38. The largest absolute Gasteiger partial charge is 0.462 e. The van der Waals surface area contributed by atoms with E-state index in [0.717, 1.165) is 0 Å². The van der Waals surface area contributed by atoms with E-state index in [1.165, 1.54) is 4.68 Å². The van der Waals surface area contributed by atoms with E-state index in [1.54, 1.807) is 41.7 Å². The topological polar surface area (TPSA) is 112 Å². The standard InChI is InChI=1S/C16H26N4O5/c1-7-24-14(22)12-10(2)19-20(6)13(12)18-11(21)8-9-17-15(23)25-16(3,4)5/h7-9H2,1-6H3,(H,17,23)(H,18,21). The van der Waals surface area contributed by atoms with Crippen LogP contribution in [0.5, 0.6) is 0 Å². The monoisotopic (exact) mass is 354 g/mol. The van der Waals surface area contributed by atoms with Crippen LogP contribution < -0.4 is 10.6 Å².